The third kappa shape index (κ3) is 2.61. The van der Waals surface area contributed by atoms with Crippen LogP contribution < -0.4 is 5.32 Å². The summed E-state index contributed by atoms with van der Waals surface area (Å²) >= 11 is 0. The van der Waals surface area contributed by atoms with E-state index in [2.05, 4.69) is 5.32 Å². The lowest BCUT2D eigenvalue weighted by Crippen LogP contribution is -2.70. The first kappa shape index (κ1) is 22.1. The second kappa shape index (κ2) is 6.72. The number of alkyl halides is 1. The van der Waals surface area contributed by atoms with Gasteiger partial charge < -0.3 is 20.6 Å². The molecular formula is C23H30FNO6. The summed E-state index contributed by atoms with van der Waals surface area (Å²) in [7, 11) is 0. The highest BCUT2D eigenvalue weighted by Crippen LogP contribution is 2.70. The molecule has 4 N–H and O–H groups in total. The van der Waals surface area contributed by atoms with Crippen LogP contribution in [0.2, 0.25) is 0 Å². The Morgan fingerprint density at radius 1 is 1.29 bits per heavy atom. The molecule has 0 spiro atoms. The number of aliphatic hydroxyl groups is 2. The van der Waals surface area contributed by atoms with Gasteiger partial charge >= 0.3 is 5.97 Å². The first-order valence-electron chi connectivity index (χ1n) is 10.9. The average Bonchev–Trinajstić information content (AvgIpc) is 2.89. The minimum atomic E-state index is -2.04. The lowest BCUT2D eigenvalue weighted by molar-refractivity contribution is -0.219. The van der Waals surface area contributed by atoms with Crippen LogP contribution in [0.3, 0.4) is 0 Å². The number of carboxylic acids is 1. The van der Waals surface area contributed by atoms with Gasteiger partial charge in [-0.25, -0.2) is 4.39 Å². The third-order valence-electron chi connectivity index (χ3n) is 8.97. The summed E-state index contributed by atoms with van der Waals surface area (Å²) in [5, 5.41) is 34.0. The number of carbonyl (C=O) groups is 3. The van der Waals surface area contributed by atoms with Crippen LogP contribution in [0, 0.1) is 28.6 Å². The zero-order chi connectivity index (χ0) is 23.0. The number of aliphatic hydroxyl groups excluding tert-OH is 1. The number of halogens is 1. The SMILES string of the molecule is CC1CC2C3CCC4=CC(=O)C=CC4(C)C3(F)C(O)CC2(C)C1(O)C(=O)NCC(=O)O. The Labute approximate surface area is 180 Å². The van der Waals surface area contributed by atoms with E-state index < -0.39 is 58.5 Å². The number of carboxylic acid groups (broad SMARTS) is 1. The number of carbonyl (C=O) groups excluding carboxylic acids is 2. The number of hydrogen-bond acceptors (Lipinski definition) is 5. The van der Waals surface area contributed by atoms with Gasteiger partial charge in [0.25, 0.3) is 5.91 Å². The van der Waals surface area contributed by atoms with Gasteiger partial charge in [0.2, 0.25) is 0 Å². The van der Waals surface area contributed by atoms with Crippen LogP contribution in [0.4, 0.5) is 4.39 Å². The van der Waals surface area contributed by atoms with Gasteiger partial charge in [0, 0.05) is 16.7 Å². The van der Waals surface area contributed by atoms with Gasteiger partial charge in [0.15, 0.2) is 17.1 Å². The molecule has 3 saturated carbocycles. The second-order valence-electron chi connectivity index (χ2n) is 10.2. The zero-order valence-electron chi connectivity index (χ0n) is 18.0. The van der Waals surface area contributed by atoms with Crippen molar-refractivity contribution in [2.24, 2.45) is 28.6 Å². The highest BCUT2D eigenvalue weighted by atomic mass is 19.1. The molecule has 1 amide bonds. The number of allylic oxidation sites excluding steroid dienone is 4. The summed E-state index contributed by atoms with van der Waals surface area (Å²) < 4.78 is 17.0. The summed E-state index contributed by atoms with van der Waals surface area (Å²) in [5.74, 6) is -3.76. The standard InChI is InChI=1S/C23H30FNO6/c1-12-8-16-15-5-4-13-9-14(26)6-7-20(13,2)22(15,24)17(27)10-21(16,3)23(12,31)19(30)25-11-18(28)29/h6-7,9,12,15-17,27,31H,4-5,8,10-11H2,1-3H3,(H,25,30)(H,28,29). The Kier molecular flexibility index (Phi) is 4.80. The maximum absolute atomic E-state index is 17.0. The van der Waals surface area contributed by atoms with Crippen LogP contribution in [0.5, 0.6) is 0 Å². The first-order valence-corrected chi connectivity index (χ1v) is 10.9. The Morgan fingerprint density at radius 2 is 1.97 bits per heavy atom. The lowest BCUT2D eigenvalue weighted by Gasteiger charge is -2.62. The number of amides is 1. The van der Waals surface area contributed by atoms with E-state index in [1.165, 1.54) is 12.2 Å². The molecule has 0 radical (unpaired) electrons. The molecule has 0 aliphatic heterocycles. The fraction of sp³-hybridized carbons (Fsp3) is 0.696. The molecule has 8 heteroatoms. The topological polar surface area (TPSA) is 124 Å². The van der Waals surface area contributed by atoms with Gasteiger partial charge in [-0.15, -0.1) is 0 Å². The fourth-order valence-corrected chi connectivity index (χ4v) is 7.32. The molecule has 0 aromatic carbocycles. The molecule has 170 valence electrons. The third-order valence-corrected chi connectivity index (χ3v) is 8.97. The second-order valence-corrected chi connectivity index (χ2v) is 10.2. The van der Waals surface area contributed by atoms with Gasteiger partial charge in [-0.1, -0.05) is 25.5 Å². The number of nitrogens with one attached hydrogen (secondary N) is 1. The van der Waals surface area contributed by atoms with E-state index in [0.29, 0.717) is 24.8 Å². The largest absolute Gasteiger partial charge is 0.480 e. The smallest absolute Gasteiger partial charge is 0.322 e. The minimum absolute atomic E-state index is 0.142. The number of rotatable bonds is 3. The highest BCUT2D eigenvalue weighted by molar-refractivity contribution is 6.01. The normalized spacial score (nSPS) is 48.3. The van der Waals surface area contributed by atoms with Crippen LogP contribution in [0.1, 0.15) is 46.5 Å². The van der Waals surface area contributed by atoms with E-state index in [1.807, 2.05) is 0 Å². The zero-order valence-corrected chi connectivity index (χ0v) is 18.0. The number of fused-ring (bicyclic) bond motifs is 5. The van der Waals surface area contributed by atoms with Crippen LogP contribution in [0.15, 0.2) is 23.8 Å². The molecule has 0 aromatic heterocycles. The Hall–Kier alpha value is -2.06. The molecule has 0 saturated heterocycles. The first-order chi connectivity index (χ1) is 14.3. The highest BCUT2D eigenvalue weighted by Gasteiger charge is 2.75. The monoisotopic (exact) mass is 435 g/mol. The molecule has 4 rings (SSSR count). The lowest BCUT2D eigenvalue weighted by atomic mass is 9.44. The van der Waals surface area contributed by atoms with Gasteiger partial charge in [-0.05, 0) is 56.6 Å². The summed E-state index contributed by atoms with van der Waals surface area (Å²) in [6.07, 6.45) is 4.05. The van der Waals surface area contributed by atoms with Crippen molar-refractivity contribution in [3.8, 4) is 0 Å². The fourth-order valence-electron chi connectivity index (χ4n) is 7.32. The molecule has 0 heterocycles. The van der Waals surface area contributed by atoms with Crippen LogP contribution >= 0.6 is 0 Å². The van der Waals surface area contributed by atoms with Crippen molar-refractivity contribution in [2.75, 3.05) is 6.54 Å². The molecule has 0 aromatic rings. The maximum Gasteiger partial charge on any atom is 0.322 e. The molecule has 8 unspecified atom stereocenters. The molecule has 3 fully saturated rings. The molecular weight excluding hydrogens is 405 g/mol. The number of aliphatic carboxylic acids is 1. The minimum Gasteiger partial charge on any atom is -0.480 e. The quantitative estimate of drug-likeness (QED) is 0.533. The molecule has 4 aliphatic rings. The van der Waals surface area contributed by atoms with E-state index >= 15 is 4.39 Å². The van der Waals surface area contributed by atoms with Crippen molar-refractivity contribution in [1.82, 2.24) is 5.32 Å². The Bertz CT molecular complexity index is 916. The van der Waals surface area contributed by atoms with Gasteiger partial charge in [0.1, 0.15) is 6.54 Å². The van der Waals surface area contributed by atoms with Gasteiger partial charge in [-0.3, -0.25) is 14.4 Å². The Balaban J connectivity index is 1.76. The summed E-state index contributed by atoms with van der Waals surface area (Å²) in [4.78, 5) is 35.8. The van der Waals surface area contributed by atoms with Crippen LogP contribution in [-0.2, 0) is 14.4 Å². The number of hydrogen-bond donors (Lipinski definition) is 4. The predicted molar refractivity (Wildman–Crippen MR) is 108 cm³/mol. The van der Waals surface area contributed by atoms with E-state index in [0.717, 1.165) is 0 Å². The summed E-state index contributed by atoms with van der Waals surface area (Å²) in [5.41, 5.74) is -5.56. The van der Waals surface area contributed by atoms with Crippen molar-refractivity contribution in [3.05, 3.63) is 23.8 Å². The van der Waals surface area contributed by atoms with E-state index in [1.54, 1.807) is 26.8 Å². The molecule has 4 aliphatic carbocycles. The van der Waals surface area contributed by atoms with Crippen molar-refractivity contribution in [2.45, 2.75) is 63.8 Å². The van der Waals surface area contributed by atoms with E-state index in [9.17, 15) is 24.6 Å². The van der Waals surface area contributed by atoms with Crippen molar-refractivity contribution >= 4 is 17.7 Å². The molecule has 0 bridgehead atoms. The van der Waals surface area contributed by atoms with Crippen LogP contribution in [-0.4, -0.2) is 56.9 Å². The van der Waals surface area contributed by atoms with E-state index in [4.69, 9.17) is 5.11 Å². The predicted octanol–water partition coefficient (Wildman–Crippen LogP) is 1.54. The molecule has 7 nitrogen and oxygen atoms in total. The van der Waals surface area contributed by atoms with E-state index in [-0.39, 0.29) is 18.1 Å². The van der Waals surface area contributed by atoms with Crippen molar-refractivity contribution in [1.29, 1.82) is 0 Å². The average molecular weight is 435 g/mol. The van der Waals surface area contributed by atoms with Crippen molar-refractivity contribution in [3.63, 3.8) is 0 Å². The Morgan fingerprint density at radius 3 is 2.61 bits per heavy atom. The summed E-state index contributed by atoms with van der Waals surface area (Å²) in [6, 6.07) is 0. The molecule has 31 heavy (non-hydrogen) atoms. The van der Waals surface area contributed by atoms with Gasteiger partial charge in [0.05, 0.1) is 6.10 Å². The van der Waals surface area contributed by atoms with Gasteiger partial charge in [-0.2, -0.15) is 0 Å². The summed E-state index contributed by atoms with van der Waals surface area (Å²) in [6.45, 7) is 4.51. The molecule has 8 atom stereocenters. The maximum atomic E-state index is 17.0. The van der Waals surface area contributed by atoms with Crippen LogP contribution in [0.25, 0.3) is 0 Å². The van der Waals surface area contributed by atoms with Crippen molar-refractivity contribution < 1.29 is 34.1 Å². The number of ketones is 1.